The van der Waals surface area contributed by atoms with Gasteiger partial charge in [0.1, 0.15) is 11.9 Å². The second kappa shape index (κ2) is 4.39. The van der Waals surface area contributed by atoms with Crippen molar-refractivity contribution < 1.29 is 14.7 Å². The standard InChI is InChI=1S/C18H22O3/c1-18-9-8-11-10-4-6-15(19)17(21)13(10)3-2-12(11)14(18)5-7-16(18)20/h2-4,6,10-15,19H,5,7-9H2,1H3/t10-,11-,12-,13?,14+,15?,18+/m1/s1. The molecule has 0 aromatic carbocycles. The summed E-state index contributed by atoms with van der Waals surface area (Å²) in [5.41, 5.74) is -0.139. The number of aliphatic hydroxyl groups is 1. The van der Waals surface area contributed by atoms with Crippen LogP contribution in [0.5, 0.6) is 0 Å². The zero-order valence-corrected chi connectivity index (χ0v) is 12.4. The first-order chi connectivity index (χ1) is 10.0. The topological polar surface area (TPSA) is 54.4 Å². The third-order valence-corrected chi connectivity index (χ3v) is 6.68. The molecule has 3 heteroatoms. The van der Waals surface area contributed by atoms with Crippen molar-refractivity contribution in [2.75, 3.05) is 0 Å². The molecule has 1 N–H and O–H groups in total. The number of Topliss-reactive ketones (excluding diaryl/α,β-unsaturated/α-hetero) is 2. The van der Waals surface area contributed by atoms with E-state index in [0.29, 0.717) is 23.5 Å². The molecular weight excluding hydrogens is 264 g/mol. The van der Waals surface area contributed by atoms with Crippen LogP contribution in [0.1, 0.15) is 32.6 Å². The molecule has 0 aromatic rings. The zero-order valence-electron chi connectivity index (χ0n) is 12.4. The Bertz CT molecular complexity index is 561. The number of hydrogen-bond acceptors (Lipinski definition) is 3. The molecule has 0 bridgehead atoms. The van der Waals surface area contributed by atoms with Crippen molar-refractivity contribution in [2.24, 2.45) is 35.0 Å². The van der Waals surface area contributed by atoms with E-state index in [4.69, 9.17) is 0 Å². The fourth-order valence-corrected chi connectivity index (χ4v) is 5.44. The number of carbonyl (C=O) groups excluding carboxylic acids is 2. The molecule has 0 saturated heterocycles. The largest absolute Gasteiger partial charge is 0.381 e. The first-order valence-electron chi connectivity index (χ1n) is 8.14. The fraction of sp³-hybridized carbons (Fsp3) is 0.667. The van der Waals surface area contributed by atoms with Gasteiger partial charge in [-0.05, 0) is 42.9 Å². The van der Waals surface area contributed by atoms with Gasteiger partial charge in [-0.15, -0.1) is 0 Å². The van der Waals surface area contributed by atoms with Gasteiger partial charge in [0, 0.05) is 17.8 Å². The van der Waals surface area contributed by atoms with E-state index >= 15 is 0 Å². The summed E-state index contributed by atoms with van der Waals surface area (Å²) in [6, 6.07) is 0. The molecule has 0 heterocycles. The Kier molecular flexibility index (Phi) is 2.81. The molecule has 4 aliphatic rings. The molecule has 2 saturated carbocycles. The highest BCUT2D eigenvalue weighted by atomic mass is 16.3. The molecule has 4 rings (SSSR count). The summed E-state index contributed by atoms with van der Waals surface area (Å²) < 4.78 is 0. The number of carbonyl (C=O) groups is 2. The minimum Gasteiger partial charge on any atom is -0.381 e. The van der Waals surface area contributed by atoms with E-state index < -0.39 is 6.10 Å². The molecule has 3 nitrogen and oxygen atoms in total. The van der Waals surface area contributed by atoms with Gasteiger partial charge < -0.3 is 5.11 Å². The van der Waals surface area contributed by atoms with Crippen LogP contribution in [0.2, 0.25) is 0 Å². The van der Waals surface area contributed by atoms with Gasteiger partial charge in [-0.3, -0.25) is 9.59 Å². The minimum atomic E-state index is -0.936. The highest BCUT2D eigenvalue weighted by Crippen LogP contribution is 2.58. The lowest BCUT2D eigenvalue weighted by molar-refractivity contribution is -0.134. The summed E-state index contributed by atoms with van der Waals surface area (Å²) in [5, 5.41) is 9.72. The van der Waals surface area contributed by atoms with E-state index in [0.717, 1.165) is 25.7 Å². The quantitative estimate of drug-likeness (QED) is 0.695. The van der Waals surface area contributed by atoms with Crippen LogP contribution in [0.15, 0.2) is 24.3 Å². The van der Waals surface area contributed by atoms with Crippen LogP contribution in [0.3, 0.4) is 0 Å². The van der Waals surface area contributed by atoms with Gasteiger partial charge in [-0.1, -0.05) is 31.2 Å². The van der Waals surface area contributed by atoms with Crippen LogP contribution in [0.4, 0.5) is 0 Å². The van der Waals surface area contributed by atoms with E-state index in [1.165, 1.54) is 0 Å². The Morgan fingerprint density at radius 1 is 1.10 bits per heavy atom. The molecule has 2 fully saturated rings. The second-order valence-electron chi connectivity index (χ2n) is 7.49. The maximum absolute atomic E-state index is 12.3. The van der Waals surface area contributed by atoms with Crippen molar-refractivity contribution in [1.29, 1.82) is 0 Å². The molecule has 0 spiro atoms. The zero-order chi connectivity index (χ0) is 14.8. The molecule has 4 aliphatic carbocycles. The normalized spacial score (nSPS) is 51.5. The summed E-state index contributed by atoms with van der Waals surface area (Å²) in [5.74, 6) is 1.75. The average molecular weight is 286 g/mol. The van der Waals surface area contributed by atoms with Crippen molar-refractivity contribution in [3.8, 4) is 0 Å². The third kappa shape index (κ3) is 1.70. The molecular formula is C18H22O3. The molecule has 7 atom stereocenters. The maximum atomic E-state index is 12.3. The Morgan fingerprint density at radius 3 is 2.67 bits per heavy atom. The van der Waals surface area contributed by atoms with Crippen molar-refractivity contribution in [2.45, 2.75) is 38.7 Å². The maximum Gasteiger partial charge on any atom is 0.172 e. The summed E-state index contributed by atoms with van der Waals surface area (Å²) in [6.45, 7) is 2.15. The minimum absolute atomic E-state index is 0.0620. The number of hydrogen-bond donors (Lipinski definition) is 1. The predicted molar refractivity (Wildman–Crippen MR) is 78.3 cm³/mol. The molecule has 0 radical (unpaired) electrons. The van der Waals surface area contributed by atoms with Crippen LogP contribution < -0.4 is 0 Å². The van der Waals surface area contributed by atoms with E-state index in [9.17, 15) is 14.7 Å². The smallest absolute Gasteiger partial charge is 0.172 e. The van der Waals surface area contributed by atoms with E-state index in [1.807, 2.05) is 6.08 Å². The Labute approximate surface area is 125 Å². The average Bonchev–Trinajstić information content (AvgIpc) is 2.78. The Balaban J connectivity index is 1.70. The van der Waals surface area contributed by atoms with Gasteiger partial charge in [0.25, 0.3) is 0 Å². The number of aliphatic hydroxyl groups excluding tert-OH is 1. The highest BCUT2D eigenvalue weighted by molar-refractivity contribution is 5.90. The van der Waals surface area contributed by atoms with Crippen molar-refractivity contribution in [3.63, 3.8) is 0 Å². The monoisotopic (exact) mass is 286 g/mol. The van der Waals surface area contributed by atoms with Gasteiger partial charge >= 0.3 is 0 Å². The molecule has 2 unspecified atom stereocenters. The van der Waals surface area contributed by atoms with Crippen molar-refractivity contribution in [1.82, 2.24) is 0 Å². The van der Waals surface area contributed by atoms with E-state index in [1.54, 1.807) is 6.08 Å². The fourth-order valence-electron chi connectivity index (χ4n) is 5.44. The molecule has 0 amide bonds. The number of fused-ring (bicyclic) bond motifs is 5. The van der Waals surface area contributed by atoms with E-state index in [-0.39, 0.29) is 23.0 Å². The first-order valence-corrected chi connectivity index (χ1v) is 8.14. The number of ketones is 2. The van der Waals surface area contributed by atoms with Crippen LogP contribution in [-0.4, -0.2) is 22.8 Å². The third-order valence-electron chi connectivity index (χ3n) is 6.68. The van der Waals surface area contributed by atoms with Gasteiger partial charge in [-0.2, -0.15) is 0 Å². The predicted octanol–water partition coefficient (Wildman–Crippen LogP) is 2.30. The Morgan fingerprint density at radius 2 is 1.86 bits per heavy atom. The van der Waals surface area contributed by atoms with Crippen LogP contribution in [-0.2, 0) is 9.59 Å². The molecule has 0 aliphatic heterocycles. The summed E-state index contributed by atoms with van der Waals surface area (Å²) in [4.78, 5) is 24.4. The van der Waals surface area contributed by atoms with Gasteiger partial charge in [0.2, 0.25) is 0 Å². The van der Waals surface area contributed by atoms with Crippen LogP contribution in [0.25, 0.3) is 0 Å². The van der Waals surface area contributed by atoms with Crippen molar-refractivity contribution in [3.05, 3.63) is 24.3 Å². The molecule has 112 valence electrons. The van der Waals surface area contributed by atoms with Crippen LogP contribution >= 0.6 is 0 Å². The van der Waals surface area contributed by atoms with Gasteiger partial charge in [0.15, 0.2) is 5.78 Å². The highest BCUT2D eigenvalue weighted by Gasteiger charge is 2.56. The number of rotatable bonds is 0. The number of allylic oxidation sites excluding steroid dienone is 3. The summed E-state index contributed by atoms with van der Waals surface area (Å²) in [7, 11) is 0. The van der Waals surface area contributed by atoms with E-state index in [2.05, 4.69) is 19.1 Å². The first kappa shape index (κ1) is 13.4. The van der Waals surface area contributed by atoms with Gasteiger partial charge in [0.05, 0.1) is 0 Å². The van der Waals surface area contributed by atoms with Gasteiger partial charge in [-0.25, -0.2) is 0 Å². The lowest BCUT2D eigenvalue weighted by Crippen LogP contribution is -2.48. The SMILES string of the molecule is C[C@]12CC[C@H]3[C@@H](C=CC4C(=O)C(O)C=C[C@@H]43)[C@@H]1CCC2=O. The van der Waals surface area contributed by atoms with Crippen molar-refractivity contribution >= 4 is 11.6 Å². The Hall–Kier alpha value is -1.22. The van der Waals surface area contributed by atoms with Crippen LogP contribution in [0, 0.1) is 35.0 Å². The molecule has 0 aromatic heterocycles. The lowest BCUT2D eigenvalue weighted by Gasteiger charge is -2.50. The molecule has 21 heavy (non-hydrogen) atoms. The second-order valence-corrected chi connectivity index (χ2v) is 7.49. The lowest BCUT2D eigenvalue weighted by atomic mass is 9.53. The summed E-state index contributed by atoms with van der Waals surface area (Å²) >= 11 is 0. The summed E-state index contributed by atoms with van der Waals surface area (Å²) in [6.07, 6.45) is 10.7.